The van der Waals surface area contributed by atoms with Crippen LogP contribution >= 0.6 is 0 Å². The van der Waals surface area contributed by atoms with Crippen molar-refractivity contribution in [2.45, 2.75) is 26.3 Å². The van der Waals surface area contributed by atoms with Crippen LogP contribution in [0, 0.1) is 0 Å². The van der Waals surface area contributed by atoms with Crippen LogP contribution in [0.3, 0.4) is 0 Å². The second-order valence-electron chi connectivity index (χ2n) is 4.36. The van der Waals surface area contributed by atoms with Crippen LogP contribution in [0.2, 0.25) is 0 Å². The molecule has 2 N–H and O–H groups in total. The summed E-state index contributed by atoms with van der Waals surface area (Å²) < 4.78 is 5.50. The van der Waals surface area contributed by atoms with Crippen molar-refractivity contribution in [3.05, 3.63) is 30.1 Å². The first kappa shape index (κ1) is 13.1. The third-order valence-corrected chi connectivity index (χ3v) is 2.92. The molecule has 4 heteroatoms. The Morgan fingerprint density at radius 3 is 3.22 bits per heavy atom. The number of aromatic amines is 1. The van der Waals surface area contributed by atoms with Gasteiger partial charge in [0.1, 0.15) is 5.65 Å². The van der Waals surface area contributed by atoms with Gasteiger partial charge in [-0.2, -0.15) is 0 Å². The Morgan fingerprint density at radius 2 is 2.33 bits per heavy atom. The molecule has 2 rings (SSSR count). The van der Waals surface area contributed by atoms with E-state index in [9.17, 15) is 0 Å². The Kier molecular flexibility index (Phi) is 5.17. The van der Waals surface area contributed by atoms with Gasteiger partial charge in [0, 0.05) is 37.5 Å². The lowest BCUT2D eigenvalue weighted by Gasteiger charge is -2.05. The fraction of sp³-hybridized carbons (Fsp3) is 0.500. The Morgan fingerprint density at radius 1 is 1.39 bits per heavy atom. The molecule has 98 valence electrons. The van der Waals surface area contributed by atoms with Crippen LogP contribution in [0.4, 0.5) is 0 Å². The number of aromatic nitrogens is 2. The first-order valence-electron chi connectivity index (χ1n) is 6.61. The van der Waals surface area contributed by atoms with E-state index in [1.807, 2.05) is 12.3 Å². The summed E-state index contributed by atoms with van der Waals surface area (Å²) in [6.07, 6.45) is 6.16. The Labute approximate surface area is 108 Å². The molecule has 2 heterocycles. The summed E-state index contributed by atoms with van der Waals surface area (Å²) in [5, 5.41) is 4.58. The molecule has 0 saturated heterocycles. The molecular weight excluding hydrogens is 226 g/mol. The molecule has 0 spiro atoms. The molecule has 0 bridgehead atoms. The topological polar surface area (TPSA) is 49.9 Å². The second kappa shape index (κ2) is 7.13. The number of pyridine rings is 1. The summed E-state index contributed by atoms with van der Waals surface area (Å²) in [5.74, 6) is 0. The van der Waals surface area contributed by atoms with E-state index in [-0.39, 0.29) is 0 Å². The Bertz CT molecular complexity index is 467. The van der Waals surface area contributed by atoms with Crippen LogP contribution in [-0.2, 0) is 11.3 Å². The number of nitrogens with one attached hydrogen (secondary N) is 2. The van der Waals surface area contributed by atoms with Crippen molar-refractivity contribution in [2.24, 2.45) is 0 Å². The summed E-state index contributed by atoms with van der Waals surface area (Å²) in [4.78, 5) is 7.45. The SMILES string of the molecule is CCCCOCCNCc1c[nH]c2ncccc12. The minimum atomic E-state index is 0.778. The highest BCUT2D eigenvalue weighted by Crippen LogP contribution is 2.14. The van der Waals surface area contributed by atoms with E-state index < -0.39 is 0 Å². The van der Waals surface area contributed by atoms with Gasteiger partial charge in [0.05, 0.1) is 6.61 Å². The predicted molar refractivity (Wildman–Crippen MR) is 73.5 cm³/mol. The largest absolute Gasteiger partial charge is 0.380 e. The minimum absolute atomic E-state index is 0.778. The first-order valence-corrected chi connectivity index (χ1v) is 6.61. The molecule has 0 amide bonds. The fourth-order valence-electron chi connectivity index (χ4n) is 1.87. The third kappa shape index (κ3) is 3.55. The van der Waals surface area contributed by atoms with Gasteiger partial charge >= 0.3 is 0 Å². The molecule has 2 aromatic rings. The quantitative estimate of drug-likeness (QED) is 0.705. The standard InChI is InChI=1S/C14H21N3O/c1-2-3-8-18-9-7-15-10-12-11-17-14-13(12)5-4-6-16-14/h4-6,11,15H,2-3,7-10H2,1H3,(H,16,17). The van der Waals surface area contributed by atoms with E-state index in [0.29, 0.717) is 0 Å². The molecule has 0 atom stereocenters. The maximum atomic E-state index is 5.50. The highest BCUT2D eigenvalue weighted by molar-refractivity contribution is 5.79. The summed E-state index contributed by atoms with van der Waals surface area (Å²) in [6.45, 7) is 5.56. The first-order chi connectivity index (χ1) is 8.92. The lowest BCUT2D eigenvalue weighted by atomic mass is 10.2. The van der Waals surface area contributed by atoms with Gasteiger partial charge in [0.25, 0.3) is 0 Å². The lowest BCUT2D eigenvalue weighted by molar-refractivity contribution is 0.133. The molecule has 0 saturated carbocycles. The van der Waals surface area contributed by atoms with Crippen molar-refractivity contribution in [2.75, 3.05) is 19.8 Å². The van der Waals surface area contributed by atoms with Crippen molar-refractivity contribution < 1.29 is 4.74 Å². The lowest BCUT2D eigenvalue weighted by Crippen LogP contribution is -2.19. The van der Waals surface area contributed by atoms with Crippen LogP contribution in [0.15, 0.2) is 24.5 Å². The zero-order valence-electron chi connectivity index (χ0n) is 10.9. The highest BCUT2D eigenvalue weighted by Gasteiger charge is 2.02. The molecule has 4 nitrogen and oxygen atoms in total. The van der Waals surface area contributed by atoms with Gasteiger partial charge in [0.2, 0.25) is 0 Å². The summed E-state index contributed by atoms with van der Waals surface area (Å²) in [6, 6.07) is 4.06. The molecule has 0 aromatic carbocycles. The van der Waals surface area contributed by atoms with Crippen molar-refractivity contribution >= 4 is 11.0 Å². The van der Waals surface area contributed by atoms with Crippen molar-refractivity contribution in [1.82, 2.24) is 15.3 Å². The number of nitrogens with zero attached hydrogens (tertiary/aromatic N) is 1. The number of hydrogen-bond acceptors (Lipinski definition) is 3. The van der Waals surface area contributed by atoms with Gasteiger partial charge in [-0.05, 0) is 24.1 Å². The Hall–Kier alpha value is -1.39. The average Bonchev–Trinajstić information content (AvgIpc) is 2.81. The van der Waals surface area contributed by atoms with Gasteiger partial charge < -0.3 is 15.0 Å². The molecule has 0 fully saturated rings. The Balaban J connectivity index is 1.70. The summed E-state index contributed by atoms with van der Waals surface area (Å²) in [7, 11) is 0. The van der Waals surface area contributed by atoms with Gasteiger partial charge in [-0.15, -0.1) is 0 Å². The van der Waals surface area contributed by atoms with Crippen LogP contribution in [0.25, 0.3) is 11.0 Å². The van der Waals surface area contributed by atoms with E-state index in [1.165, 1.54) is 17.4 Å². The molecule has 0 unspecified atom stereocenters. The molecule has 18 heavy (non-hydrogen) atoms. The van der Waals surface area contributed by atoms with Crippen LogP contribution < -0.4 is 5.32 Å². The number of H-pyrrole nitrogens is 1. The van der Waals surface area contributed by atoms with Gasteiger partial charge in [0.15, 0.2) is 0 Å². The second-order valence-corrected chi connectivity index (χ2v) is 4.36. The van der Waals surface area contributed by atoms with Crippen LogP contribution in [-0.4, -0.2) is 29.7 Å². The maximum Gasteiger partial charge on any atom is 0.137 e. The number of ether oxygens (including phenoxy) is 1. The molecule has 0 radical (unpaired) electrons. The zero-order valence-corrected chi connectivity index (χ0v) is 10.9. The maximum absolute atomic E-state index is 5.50. The molecular formula is C14H21N3O. The van der Waals surface area contributed by atoms with Crippen molar-refractivity contribution in [3.8, 4) is 0 Å². The average molecular weight is 247 g/mol. The summed E-state index contributed by atoms with van der Waals surface area (Å²) >= 11 is 0. The monoisotopic (exact) mass is 247 g/mol. The number of fused-ring (bicyclic) bond motifs is 1. The van der Waals surface area contributed by atoms with E-state index in [2.05, 4.69) is 28.3 Å². The molecule has 0 aliphatic carbocycles. The molecule has 2 aromatic heterocycles. The molecule has 0 aliphatic rings. The van der Waals surface area contributed by atoms with Crippen LogP contribution in [0.1, 0.15) is 25.3 Å². The minimum Gasteiger partial charge on any atom is -0.380 e. The molecule has 0 aliphatic heterocycles. The number of unbranched alkanes of at least 4 members (excludes halogenated alkanes) is 1. The highest BCUT2D eigenvalue weighted by atomic mass is 16.5. The summed E-state index contributed by atoms with van der Waals surface area (Å²) in [5.41, 5.74) is 2.21. The fourth-order valence-corrected chi connectivity index (χ4v) is 1.87. The normalized spacial score (nSPS) is 11.2. The van der Waals surface area contributed by atoms with Crippen LogP contribution in [0.5, 0.6) is 0 Å². The van der Waals surface area contributed by atoms with Crippen molar-refractivity contribution in [3.63, 3.8) is 0 Å². The third-order valence-electron chi connectivity index (χ3n) is 2.92. The number of hydrogen-bond donors (Lipinski definition) is 2. The zero-order chi connectivity index (χ0) is 12.6. The van der Waals surface area contributed by atoms with Gasteiger partial charge in [-0.25, -0.2) is 4.98 Å². The number of rotatable bonds is 8. The van der Waals surface area contributed by atoms with E-state index in [1.54, 1.807) is 6.20 Å². The van der Waals surface area contributed by atoms with Gasteiger partial charge in [-0.3, -0.25) is 0 Å². The predicted octanol–water partition coefficient (Wildman–Crippen LogP) is 2.47. The van der Waals surface area contributed by atoms with E-state index in [0.717, 1.165) is 38.4 Å². The van der Waals surface area contributed by atoms with Crippen molar-refractivity contribution in [1.29, 1.82) is 0 Å². The smallest absolute Gasteiger partial charge is 0.137 e. The van der Waals surface area contributed by atoms with Gasteiger partial charge in [-0.1, -0.05) is 13.3 Å². The van der Waals surface area contributed by atoms with E-state index >= 15 is 0 Å². The van der Waals surface area contributed by atoms with E-state index in [4.69, 9.17) is 4.74 Å².